The van der Waals surface area contributed by atoms with Gasteiger partial charge in [-0.25, -0.2) is 0 Å². The van der Waals surface area contributed by atoms with Crippen molar-refractivity contribution in [3.63, 3.8) is 0 Å². The third-order valence-electron chi connectivity index (χ3n) is 4.91. The van der Waals surface area contributed by atoms with Gasteiger partial charge in [-0.05, 0) is 51.9 Å². The Kier molecular flexibility index (Phi) is 3.18. The average Bonchev–Trinajstić information content (AvgIpc) is 2.28. The van der Waals surface area contributed by atoms with Crippen LogP contribution in [0, 0.1) is 0 Å². The van der Waals surface area contributed by atoms with E-state index < -0.39 is 0 Å². The normalized spacial score (nSPS) is 35.5. The lowest BCUT2D eigenvalue weighted by atomic mass is 9.76. The van der Waals surface area contributed by atoms with Gasteiger partial charge in [0.1, 0.15) is 0 Å². The third-order valence-corrected chi connectivity index (χ3v) is 4.91. The van der Waals surface area contributed by atoms with Crippen molar-refractivity contribution in [2.24, 2.45) is 0 Å². The van der Waals surface area contributed by atoms with E-state index in [-0.39, 0.29) is 5.60 Å². The van der Waals surface area contributed by atoms with Gasteiger partial charge in [0, 0.05) is 31.4 Å². The summed E-state index contributed by atoms with van der Waals surface area (Å²) in [6, 6.07) is 0.659. The summed E-state index contributed by atoms with van der Waals surface area (Å²) in [5.74, 6) is 0. The molecule has 3 nitrogen and oxygen atoms in total. The van der Waals surface area contributed by atoms with Crippen LogP contribution in [0.25, 0.3) is 0 Å². The van der Waals surface area contributed by atoms with Crippen LogP contribution in [0.2, 0.25) is 0 Å². The number of ether oxygens (including phenoxy) is 2. The Hall–Kier alpha value is -0.120. The van der Waals surface area contributed by atoms with E-state index in [2.05, 4.69) is 12.2 Å². The van der Waals surface area contributed by atoms with E-state index >= 15 is 0 Å². The van der Waals surface area contributed by atoms with Crippen molar-refractivity contribution < 1.29 is 9.47 Å². The molecule has 1 saturated carbocycles. The summed E-state index contributed by atoms with van der Waals surface area (Å²) in [5, 5.41) is 3.88. The molecule has 2 saturated heterocycles. The monoisotopic (exact) mass is 239 g/mol. The molecule has 98 valence electrons. The van der Waals surface area contributed by atoms with Crippen molar-refractivity contribution >= 4 is 0 Å². The molecule has 1 aliphatic carbocycles. The van der Waals surface area contributed by atoms with Gasteiger partial charge in [-0.1, -0.05) is 0 Å². The maximum absolute atomic E-state index is 6.08. The van der Waals surface area contributed by atoms with Crippen molar-refractivity contribution in [3.8, 4) is 0 Å². The zero-order valence-corrected chi connectivity index (χ0v) is 11.0. The fourth-order valence-corrected chi connectivity index (χ4v) is 3.59. The van der Waals surface area contributed by atoms with Crippen molar-refractivity contribution in [2.45, 2.75) is 69.1 Å². The molecule has 1 N–H and O–H groups in total. The molecule has 1 unspecified atom stereocenters. The van der Waals surface area contributed by atoms with E-state index in [1.807, 2.05) is 0 Å². The second kappa shape index (κ2) is 4.52. The smallest absolute Gasteiger partial charge is 0.0741 e. The molecular weight excluding hydrogens is 214 g/mol. The first-order valence-corrected chi connectivity index (χ1v) is 7.19. The summed E-state index contributed by atoms with van der Waals surface area (Å²) >= 11 is 0. The van der Waals surface area contributed by atoms with E-state index in [0.717, 1.165) is 32.7 Å². The molecular formula is C14H25NO2. The minimum Gasteiger partial charge on any atom is -0.381 e. The molecule has 3 aliphatic rings. The zero-order valence-electron chi connectivity index (χ0n) is 11.0. The van der Waals surface area contributed by atoms with Gasteiger partial charge in [-0.2, -0.15) is 0 Å². The largest absolute Gasteiger partial charge is 0.381 e. The predicted octanol–water partition coefficient (Wildman–Crippen LogP) is 2.25. The first kappa shape index (κ1) is 11.9. The van der Waals surface area contributed by atoms with Gasteiger partial charge in [0.15, 0.2) is 0 Å². The summed E-state index contributed by atoms with van der Waals surface area (Å²) in [4.78, 5) is 0. The summed E-state index contributed by atoms with van der Waals surface area (Å²) in [6.07, 6.45) is 8.63. The summed E-state index contributed by atoms with van der Waals surface area (Å²) < 4.78 is 11.5. The van der Waals surface area contributed by atoms with Crippen LogP contribution in [-0.2, 0) is 9.47 Å². The molecule has 2 heterocycles. The highest BCUT2D eigenvalue weighted by atomic mass is 16.5. The Morgan fingerprint density at radius 3 is 2.47 bits per heavy atom. The Labute approximate surface area is 104 Å². The number of hydrogen-bond donors (Lipinski definition) is 1. The minimum absolute atomic E-state index is 0.133. The Bertz CT molecular complexity index is 264. The molecule has 3 rings (SSSR count). The van der Waals surface area contributed by atoms with Crippen molar-refractivity contribution in [1.29, 1.82) is 0 Å². The standard InChI is InChI=1S/C14H25NO2/c1-13(4-2-5-13)15-12-3-8-17-14(11-12)6-9-16-10-7-14/h12,15H,2-11H2,1H3. The van der Waals surface area contributed by atoms with Crippen molar-refractivity contribution in [2.75, 3.05) is 19.8 Å². The van der Waals surface area contributed by atoms with E-state index in [0.29, 0.717) is 11.6 Å². The van der Waals surface area contributed by atoms with Crippen LogP contribution in [0.15, 0.2) is 0 Å². The van der Waals surface area contributed by atoms with Crippen LogP contribution in [0.4, 0.5) is 0 Å². The second-order valence-corrected chi connectivity index (χ2v) is 6.39. The molecule has 2 aliphatic heterocycles. The molecule has 3 heteroatoms. The molecule has 3 fully saturated rings. The van der Waals surface area contributed by atoms with Crippen LogP contribution in [-0.4, -0.2) is 37.0 Å². The van der Waals surface area contributed by atoms with Gasteiger partial charge in [0.05, 0.1) is 5.60 Å². The third kappa shape index (κ3) is 2.51. The lowest BCUT2D eigenvalue weighted by Crippen LogP contribution is -2.57. The lowest BCUT2D eigenvalue weighted by molar-refractivity contribution is -0.142. The van der Waals surface area contributed by atoms with Crippen LogP contribution in [0.5, 0.6) is 0 Å². The fourth-order valence-electron chi connectivity index (χ4n) is 3.59. The quantitative estimate of drug-likeness (QED) is 0.801. The first-order valence-electron chi connectivity index (χ1n) is 7.19. The number of nitrogens with one attached hydrogen (secondary N) is 1. The van der Waals surface area contributed by atoms with Gasteiger partial charge in [-0.3, -0.25) is 0 Å². The van der Waals surface area contributed by atoms with Gasteiger partial charge in [-0.15, -0.1) is 0 Å². The van der Waals surface area contributed by atoms with Crippen LogP contribution in [0.3, 0.4) is 0 Å². The van der Waals surface area contributed by atoms with Gasteiger partial charge >= 0.3 is 0 Å². The number of rotatable bonds is 2. The first-order chi connectivity index (χ1) is 8.20. The molecule has 17 heavy (non-hydrogen) atoms. The Morgan fingerprint density at radius 2 is 1.82 bits per heavy atom. The van der Waals surface area contributed by atoms with E-state index in [1.165, 1.54) is 32.1 Å². The number of hydrogen-bond acceptors (Lipinski definition) is 3. The average molecular weight is 239 g/mol. The topological polar surface area (TPSA) is 30.5 Å². The van der Waals surface area contributed by atoms with E-state index in [4.69, 9.17) is 9.47 Å². The maximum Gasteiger partial charge on any atom is 0.0741 e. The van der Waals surface area contributed by atoms with Gasteiger partial charge in [0.2, 0.25) is 0 Å². The summed E-state index contributed by atoms with van der Waals surface area (Å²) in [6.45, 7) is 5.06. The SMILES string of the molecule is CC1(NC2CCOC3(CCOCC3)C2)CCC1. The molecule has 0 amide bonds. The molecule has 1 atom stereocenters. The molecule has 0 aromatic rings. The highest BCUT2D eigenvalue weighted by Crippen LogP contribution is 2.37. The van der Waals surface area contributed by atoms with E-state index in [9.17, 15) is 0 Å². The molecule has 0 bridgehead atoms. The molecule has 0 aromatic heterocycles. The predicted molar refractivity (Wildman–Crippen MR) is 67.1 cm³/mol. The van der Waals surface area contributed by atoms with Crippen LogP contribution < -0.4 is 5.32 Å². The summed E-state index contributed by atoms with van der Waals surface area (Å²) in [5.41, 5.74) is 0.558. The van der Waals surface area contributed by atoms with Crippen molar-refractivity contribution in [3.05, 3.63) is 0 Å². The molecule has 1 spiro atoms. The highest BCUT2D eigenvalue weighted by molar-refractivity contribution is 4.98. The zero-order chi connectivity index (χ0) is 11.8. The minimum atomic E-state index is 0.133. The van der Waals surface area contributed by atoms with Crippen molar-refractivity contribution in [1.82, 2.24) is 5.32 Å². The van der Waals surface area contributed by atoms with Crippen LogP contribution in [0.1, 0.15) is 51.9 Å². The molecule has 0 radical (unpaired) electrons. The summed E-state index contributed by atoms with van der Waals surface area (Å²) in [7, 11) is 0. The highest BCUT2D eigenvalue weighted by Gasteiger charge is 2.41. The van der Waals surface area contributed by atoms with Gasteiger partial charge in [0.25, 0.3) is 0 Å². The van der Waals surface area contributed by atoms with E-state index in [1.54, 1.807) is 0 Å². The maximum atomic E-state index is 6.08. The molecule has 0 aromatic carbocycles. The lowest BCUT2D eigenvalue weighted by Gasteiger charge is -2.48. The van der Waals surface area contributed by atoms with Gasteiger partial charge < -0.3 is 14.8 Å². The fraction of sp³-hybridized carbons (Fsp3) is 1.00. The Balaban J connectivity index is 1.59. The van der Waals surface area contributed by atoms with Crippen LogP contribution >= 0.6 is 0 Å². The second-order valence-electron chi connectivity index (χ2n) is 6.39. The Morgan fingerprint density at radius 1 is 1.06 bits per heavy atom.